The minimum absolute atomic E-state index is 0.00224. The number of hydrogen-bond donors (Lipinski definition) is 2. The Morgan fingerprint density at radius 2 is 1.75 bits per heavy atom. The first kappa shape index (κ1) is 18.0. The fraction of sp³-hybridized carbons (Fsp3) is 0.263. The standard InChI is InChI=1S/C19H21ClN2O2/c1-12-10-13(2)19(17(20)11-12)21-9-8-18(24)22-16-6-4-15(5-7-16)14(3)23/h4-7,10-11,21H,8-9H2,1-3H3,(H,22,24). The summed E-state index contributed by atoms with van der Waals surface area (Å²) < 4.78 is 0. The van der Waals surface area contributed by atoms with E-state index in [-0.39, 0.29) is 11.7 Å². The Bertz CT molecular complexity index is 731. The summed E-state index contributed by atoms with van der Waals surface area (Å²) in [6, 6.07) is 10.8. The van der Waals surface area contributed by atoms with Crippen LogP contribution < -0.4 is 10.6 Å². The Morgan fingerprint density at radius 1 is 1.08 bits per heavy atom. The van der Waals surface area contributed by atoms with Gasteiger partial charge in [0.15, 0.2) is 5.78 Å². The van der Waals surface area contributed by atoms with Gasteiger partial charge in [0.05, 0.1) is 10.7 Å². The molecule has 0 saturated carbocycles. The predicted molar refractivity (Wildman–Crippen MR) is 99.1 cm³/mol. The number of aryl methyl sites for hydroxylation is 2. The molecule has 0 saturated heterocycles. The number of rotatable bonds is 6. The Labute approximate surface area is 147 Å². The molecule has 4 nitrogen and oxygen atoms in total. The van der Waals surface area contributed by atoms with Gasteiger partial charge in [-0.3, -0.25) is 9.59 Å². The molecule has 0 fully saturated rings. The van der Waals surface area contributed by atoms with Crippen LogP contribution in [0, 0.1) is 13.8 Å². The molecule has 24 heavy (non-hydrogen) atoms. The number of benzene rings is 2. The van der Waals surface area contributed by atoms with Crippen molar-refractivity contribution in [2.75, 3.05) is 17.2 Å². The Balaban J connectivity index is 1.86. The number of nitrogens with one attached hydrogen (secondary N) is 2. The lowest BCUT2D eigenvalue weighted by Gasteiger charge is -2.12. The maximum Gasteiger partial charge on any atom is 0.226 e. The first-order chi connectivity index (χ1) is 11.4. The van der Waals surface area contributed by atoms with Crippen LogP contribution in [-0.4, -0.2) is 18.2 Å². The van der Waals surface area contributed by atoms with Crippen LogP contribution in [0.5, 0.6) is 0 Å². The van der Waals surface area contributed by atoms with E-state index in [1.54, 1.807) is 24.3 Å². The van der Waals surface area contributed by atoms with Gasteiger partial charge in [-0.25, -0.2) is 0 Å². The summed E-state index contributed by atoms with van der Waals surface area (Å²) in [7, 11) is 0. The largest absolute Gasteiger partial charge is 0.383 e. The molecule has 0 radical (unpaired) electrons. The zero-order valence-corrected chi connectivity index (χ0v) is 14.8. The molecule has 0 unspecified atom stereocenters. The normalized spacial score (nSPS) is 10.3. The van der Waals surface area contributed by atoms with Crippen LogP contribution in [-0.2, 0) is 4.79 Å². The lowest BCUT2D eigenvalue weighted by atomic mass is 10.1. The van der Waals surface area contributed by atoms with Gasteiger partial charge < -0.3 is 10.6 Å². The van der Waals surface area contributed by atoms with Crippen molar-refractivity contribution in [2.45, 2.75) is 27.2 Å². The molecule has 1 amide bonds. The first-order valence-electron chi connectivity index (χ1n) is 7.78. The van der Waals surface area contributed by atoms with E-state index in [4.69, 9.17) is 11.6 Å². The third-order valence-electron chi connectivity index (χ3n) is 3.66. The Kier molecular flexibility index (Phi) is 5.99. The summed E-state index contributed by atoms with van der Waals surface area (Å²) in [4.78, 5) is 23.2. The molecule has 2 aromatic rings. The van der Waals surface area contributed by atoms with Gasteiger partial charge in [-0.2, -0.15) is 0 Å². The van der Waals surface area contributed by atoms with Gasteiger partial charge in [-0.1, -0.05) is 17.7 Å². The summed E-state index contributed by atoms with van der Waals surface area (Å²) in [5.41, 5.74) is 4.32. The fourth-order valence-corrected chi connectivity index (χ4v) is 2.84. The van der Waals surface area contributed by atoms with Crippen LogP contribution in [0.1, 0.15) is 34.8 Å². The van der Waals surface area contributed by atoms with E-state index in [0.29, 0.717) is 29.2 Å². The van der Waals surface area contributed by atoms with Crippen molar-refractivity contribution in [3.05, 3.63) is 58.1 Å². The van der Waals surface area contributed by atoms with Crippen molar-refractivity contribution < 1.29 is 9.59 Å². The Hall–Kier alpha value is -2.33. The third kappa shape index (κ3) is 4.83. The van der Waals surface area contributed by atoms with Crippen molar-refractivity contribution in [3.63, 3.8) is 0 Å². The number of ketones is 1. The predicted octanol–water partition coefficient (Wildman–Crippen LogP) is 4.60. The highest BCUT2D eigenvalue weighted by Gasteiger charge is 2.07. The van der Waals surface area contributed by atoms with Gasteiger partial charge >= 0.3 is 0 Å². The molecule has 0 spiro atoms. The maximum absolute atomic E-state index is 12.0. The SMILES string of the molecule is CC(=O)c1ccc(NC(=O)CCNc2c(C)cc(C)cc2Cl)cc1. The molecule has 0 aliphatic carbocycles. The number of hydrogen-bond acceptors (Lipinski definition) is 3. The second-order valence-corrected chi connectivity index (χ2v) is 6.20. The smallest absolute Gasteiger partial charge is 0.226 e. The van der Waals surface area contributed by atoms with Crippen molar-refractivity contribution in [2.24, 2.45) is 0 Å². The van der Waals surface area contributed by atoms with E-state index in [1.165, 1.54) is 6.92 Å². The first-order valence-corrected chi connectivity index (χ1v) is 8.16. The highest BCUT2D eigenvalue weighted by molar-refractivity contribution is 6.33. The van der Waals surface area contributed by atoms with Crippen LogP contribution in [0.4, 0.5) is 11.4 Å². The van der Waals surface area contributed by atoms with Crippen LogP contribution in [0.3, 0.4) is 0 Å². The van der Waals surface area contributed by atoms with Gasteiger partial charge in [0.1, 0.15) is 0 Å². The molecule has 0 aliphatic heterocycles. The second kappa shape index (κ2) is 7.97. The minimum Gasteiger partial charge on any atom is -0.383 e. The monoisotopic (exact) mass is 344 g/mol. The third-order valence-corrected chi connectivity index (χ3v) is 3.96. The highest BCUT2D eigenvalue weighted by atomic mass is 35.5. The average Bonchev–Trinajstić information content (AvgIpc) is 2.50. The number of carbonyl (C=O) groups is 2. The van der Waals surface area contributed by atoms with E-state index < -0.39 is 0 Å². The second-order valence-electron chi connectivity index (χ2n) is 5.80. The lowest BCUT2D eigenvalue weighted by molar-refractivity contribution is -0.115. The molecule has 2 aromatic carbocycles. The number of Topliss-reactive ketones (excluding diaryl/α,β-unsaturated/α-hetero) is 1. The zero-order chi connectivity index (χ0) is 17.7. The fourth-order valence-electron chi connectivity index (χ4n) is 2.45. The summed E-state index contributed by atoms with van der Waals surface area (Å²) >= 11 is 6.23. The van der Waals surface area contributed by atoms with Gasteiger partial charge in [-0.15, -0.1) is 0 Å². The van der Waals surface area contributed by atoms with Crippen LogP contribution in [0.2, 0.25) is 5.02 Å². The molecular formula is C19H21ClN2O2. The topological polar surface area (TPSA) is 58.2 Å². The van der Waals surface area contributed by atoms with Crippen molar-refractivity contribution in [1.82, 2.24) is 0 Å². The van der Waals surface area contributed by atoms with Crippen molar-refractivity contribution >= 4 is 34.7 Å². The zero-order valence-electron chi connectivity index (χ0n) is 14.1. The molecule has 0 bridgehead atoms. The molecule has 126 valence electrons. The summed E-state index contributed by atoms with van der Waals surface area (Å²) in [6.45, 7) is 5.98. The molecule has 0 heterocycles. The summed E-state index contributed by atoms with van der Waals surface area (Å²) in [5.74, 6) is -0.0959. The Morgan fingerprint density at radius 3 is 2.33 bits per heavy atom. The summed E-state index contributed by atoms with van der Waals surface area (Å²) in [6.07, 6.45) is 0.318. The van der Waals surface area contributed by atoms with Crippen LogP contribution >= 0.6 is 11.6 Å². The molecule has 0 atom stereocenters. The van der Waals surface area contributed by atoms with Gasteiger partial charge in [0, 0.05) is 24.2 Å². The molecule has 5 heteroatoms. The number of carbonyl (C=O) groups excluding carboxylic acids is 2. The quantitative estimate of drug-likeness (QED) is 0.753. The van der Waals surface area contributed by atoms with Gasteiger partial charge in [-0.05, 0) is 62.2 Å². The van der Waals surface area contributed by atoms with E-state index in [1.807, 2.05) is 26.0 Å². The number of halogens is 1. The minimum atomic E-state index is -0.0982. The van der Waals surface area contributed by atoms with E-state index in [9.17, 15) is 9.59 Å². The highest BCUT2D eigenvalue weighted by Crippen LogP contribution is 2.27. The average molecular weight is 345 g/mol. The molecular weight excluding hydrogens is 324 g/mol. The molecule has 0 aromatic heterocycles. The van der Waals surface area contributed by atoms with E-state index in [0.717, 1.165) is 16.8 Å². The van der Waals surface area contributed by atoms with Crippen molar-refractivity contribution in [3.8, 4) is 0 Å². The van der Waals surface area contributed by atoms with Gasteiger partial charge in [0.25, 0.3) is 0 Å². The van der Waals surface area contributed by atoms with Crippen LogP contribution in [0.25, 0.3) is 0 Å². The maximum atomic E-state index is 12.0. The van der Waals surface area contributed by atoms with E-state index in [2.05, 4.69) is 10.6 Å². The molecule has 2 N–H and O–H groups in total. The van der Waals surface area contributed by atoms with Gasteiger partial charge in [0.2, 0.25) is 5.91 Å². The number of amides is 1. The molecule has 0 aliphatic rings. The van der Waals surface area contributed by atoms with Crippen LogP contribution in [0.15, 0.2) is 36.4 Å². The lowest BCUT2D eigenvalue weighted by Crippen LogP contribution is -2.16. The number of anilines is 2. The van der Waals surface area contributed by atoms with Crippen molar-refractivity contribution in [1.29, 1.82) is 0 Å². The molecule has 2 rings (SSSR count). The summed E-state index contributed by atoms with van der Waals surface area (Å²) in [5, 5.41) is 6.68. The van der Waals surface area contributed by atoms with E-state index >= 15 is 0 Å².